The summed E-state index contributed by atoms with van der Waals surface area (Å²) >= 11 is 6.89. The van der Waals surface area contributed by atoms with Gasteiger partial charge in [-0.3, -0.25) is 4.79 Å². The summed E-state index contributed by atoms with van der Waals surface area (Å²) in [6.07, 6.45) is 7.45. The standard InChI is InChI=1S/C21H19Br2N3O/c22-16-8-6-14(7-9-16)13-24-26-20(15-4-2-1-3-5-15)25-19-11-10-17(23)12-18(19)21(26)27/h6-13,15H,1-5H2. The Morgan fingerprint density at radius 2 is 1.70 bits per heavy atom. The quantitative estimate of drug-likeness (QED) is 0.434. The van der Waals surface area contributed by atoms with Gasteiger partial charge in [-0.25, -0.2) is 4.98 Å². The highest BCUT2D eigenvalue weighted by atomic mass is 79.9. The van der Waals surface area contributed by atoms with Crippen LogP contribution in [0.15, 0.2) is 61.3 Å². The number of hydrogen-bond donors (Lipinski definition) is 0. The average molecular weight is 489 g/mol. The first-order valence-corrected chi connectivity index (χ1v) is 10.7. The first-order chi connectivity index (χ1) is 13.1. The van der Waals surface area contributed by atoms with Crippen molar-refractivity contribution >= 4 is 49.0 Å². The number of nitrogens with zero attached hydrogens (tertiary/aromatic N) is 3. The van der Waals surface area contributed by atoms with E-state index in [1.54, 1.807) is 6.21 Å². The van der Waals surface area contributed by atoms with E-state index in [4.69, 9.17) is 4.98 Å². The molecule has 1 saturated carbocycles. The first kappa shape index (κ1) is 18.6. The minimum absolute atomic E-state index is 0.116. The van der Waals surface area contributed by atoms with Gasteiger partial charge in [-0.2, -0.15) is 9.78 Å². The van der Waals surface area contributed by atoms with E-state index >= 15 is 0 Å². The van der Waals surface area contributed by atoms with Crippen molar-refractivity contribution in [1.29, 1.82) is 0 Å². The van der Waals surface area contributed by atoms with Crippen LogP contribution in [0.4, 0.5) is 0 Å². The first-order valence-electron chi connectivity index (χ1n) is 9.14. The van der Waals surface area contributed by atoms with Crippen LogP contribution in [0, 0.1) is 0 Å². The monoisotopic (exact) mass is 487 g/mol. The maximum absolute atomic E-state index is 13.2. The van der Waals surface area contributed by atoms with E-state index in [1.165, 1.54) is 23.9 Å². The van der Waals surface area contributed by atoms with E-state index < -0.39 is 0 Å². The molecule has 0 N–H and O–H groups in total. The van der Waals surface area contributed by atoms with Crippen LogP contribution in [0.3, 0.4) is 0 Å². The van der Waals surface area contributed by atoms with E-state index in [2.05, 4.69) is 37.0 Å². The number of hydrogen-bond acceptors (Lipinski definition) is 3. The molecule has 0 bridgehead atoms. The van der Waals surface area contributed by atoms with Gasteiger partial charge in [0.2, 0.25) is 0 Å². The highest BCUT2D eigenvalue weighted by molar-refractivity contribution is 9.10. The Hall–Kier alpha value is -1.79. The van der Waals surface area contributed by atoms with Gasteiger partial charge in [0, 0.05) is 14.9 Å². The summed E-state index contributed by atoms with van der Waals surface area (Å²) < 4.78 is 3.38. The van der Waals surface area contributed by atoms with Crippen molar-refractivity contribution in [2.75, 3.05) is 0 Å². The van der Waals surface area contributed by atoms with Crippen LogP contribution in [0.2, 0.25) is 0 Å². The van der Waals surface area contributed by atoms with Crippen LogP contribution in [-0.4, -0.2) is 15.9 Å². The predicted molar refractivity (Wildman–Crippen MR) is 117 cm³/mol. The molecule has 3 aromatic rings. The van der Waals surface area contributed by atoms with Crippen LogP contribution < -0.4 is 5.56 Å². The number of benzene rings is 2. The SMILES string of the molecule is O=c1c2cc(Br)ccc2nc(C2CCCCC2)n1N=Cc1ccc(Br)cc1. The van der Waals surface area contributed by atoms with Crippen LogP contribution in [0.1, 0.15) is 49.4 Å². The summed E-state index contributed by atoms with van der Waals surface area (Å²) in [6.45, 7) is 0. The smallest absolute Gasteiger partial charge is 0.267 e. The molecule has 1 heterocycles. The molecular formula is C21H19Br2N3O. The van der Waals surface area contributed by atoms with E-state index in [0.29, 0.717) is 5.39 Å². The summed E-state index contributed by atoms with van der Waals surface area (Å²) in [6, 6.07) is 13.5. The zero-order chi connectivity index (χ0) is 18.8. The third-order valence-corrected chi connectivity index (χ3v) is 6.02. The second-order valence-electron chi connectivity index (χ2n) is 6.88. The molecule has 4 rings (SSSR count). The average Bonchev–Trinajstić information content (AvgIpc) is 2.69. The Bertz CT molecular complexity index is 1050. The van der Waals surface area contributed by atoms with Gasteiger partial charge in [-0.15, -0.1) is 0 Å². The minimum atomic E-state index is -0.116. The number of aromatic nitrogens is 2. The molecule has 0 atom stereocenters. The fraction of sp³-hybridized carbons (Fsp3) is 0.286. The molecule has 0 radical (unpaired) electrons. The van der Waals surface area contributed by atoms with Gasteiger partial charge in [-0.05, 0) is 48.7 Å². The summed E-state index contributed by atoms with van der Waals surface area (Å²) in [4.78, 5) is 18.0. The molecule has 0 amide bonds. The number of fused-ring (bicyclic) bond motifs is 1. The lowest BCUT2D eigenvalue weighted by atomic mass is 9.88. The van der Waals surface area contributed by atoms with E-state index in [1.807, 2.05) is 42.5 Å². The third-order valence-electron chi connectivity index (χ3n) is 5.00. The fourth-order valence-electron chi connectivity index (χ4n) is 3.58. The maximum Gasteiger partial charge on any atom is 0.282 e. The molecule has 1 aromatic heterocycles. The Kier molecular flexibility index (Phi) is 5.55. The minimum Gasteiger partial charge on any atom is -0.267 e. The molecule has 0 spiro atoms. The second-order valence-corrected chi connectivity index (χ2v) is 8.71. The van der Waals surface area contributed by atoms with E-state index in [0.717, 1.165) is 38.7 Å². The molecule has 2 aromatic carbocycles. The van der Waals surface area contributed by atoms with Gasteiger partial charge >= 0.3 is 0 Å². The van der Waals surface area contributed by atoms with E-state index in [-0.39, 0.29) is 11.5 Å². The molecule has 4 nitrogen and oxygen atoms in total. The van der Waals surface area contributed by atoms with Crippen molar-refractivity contribution in [3.05, 3.63) is 73.2 Å². The Balaban J connectivity index is 1.85. The highest BCUT2D eigenvalue weighted by Crippen LogP contribution is 2.32. The van der Waals surface area contributed by atoms with Crippen molar-refractivity contribution in [2.45, 2.75) is 38.0 Å². The third kappa shape index (κ3) is 4.06. The Morgan fingerprint density at radius 1 is 1.00 bits per heavy atom. The zero-order valence-corrected chi connectivity index (χ0v) is 17.9. The summed E-state index contributed by atoms with van der Waals surface area (Å²) in [5, 5.41) is 5.13. The lowest BCUT2D eigenvalue weighted by molar-refractivity contribution is 0.416. The Morgan fingerprint density at radius 3 is 2.44 bits per heavy atom. The molecule has 0 unspecified atom stereocenters. The van der Waals surface area contributed by atoms with Crippen molar-refractivity contribution < 1.29 is 0 Å². The summed E-state index contributed by atoms with van der Waals surface area (Å²) in [5.41, 5.74) is 1.56. The van der Waals surface area contributed by atoms with Gasteiger partial charge in [0.1, 0.15) is 5.82 Å². The molecule has 0 saturated heterocycles. The molecule has 0 aliphatic heterocycles. The fourth-order valence-corrected chi connectivity index (χ4v) is 4.20. The van der Waals surface area contributed by atoms with Crippen molar-refractivity contribution in [1.82, 2.24) is 9.66 Å². The molecular weight excluding hydrogens is 470 g/mol. The number of rotatable bonds is 3. The van der Waals surface area contributed by atoms with Crippen molar-refractivity contribution in [3.63, 3.8) is 0 Å². The maximum atomic E-state index is 13.2. The number of halogens is 2. The molecule has 1 aliphatic rings. The lowest BCUT2D eigenvalue weighted by Gasteiger charge is -2.22. The van der Waals surface area contributed by atoms with Crippen molar-refractivity contribution in [3.8, 4) is 0 Å². The summed E-state index contributed by atoms with van der Waals surface area (Å²) in [5.74, 6) is 1.06. The van der Waals surface area contributed by atoms with E-state index in [9.17, 15) is 4.79 Å². The molecule has 1 fully saturated rings. The van der Waals surface area contributed by atoms with Crippen molar-refractivity contribution in [2.24, 2.45) is 5.10 Å². The molecule has 6 heteroatoms. The normalized spacial score (nSPS) is 15.6. The van der Waals surface area contributed by atoms with Crippen LogP contribution in [0.25, 0.3) is 10.9 Å². The molecule has 27 heavy (non-hydrogen) atoms. The van der Waals surface area contributed by atoms with Gasteiger partial charge in [0.15, 0.2) is 0 Å². The summed E-state index contributed by atoms with van der Waals surface area (Å²) in [7, 11) is 0. The van der Waals surface area contributed by atoms with Gasteiger partial charge in [-0.1, -0.05) is 63.3 Å². The molecule has 138 valence electrons. The van der Waals surface area contributed by atoms with Gasteiger partial charge in [0.25, 0.3) is 5.56 Å². The largest absolute Gasteiger partial charge is 0.282 e. The van der Waals surface area contributed by atoms with Crippen LogP contribution >= 0.6 is 31.9 Å². The second kappa shape index (κ2) is 8.07. The molecule has 1 aliphatic carbocycles. The van der Waals surface area contributed by atoms with Crippen LogP contribution in [-0.2, 0) is 0 Å². The van der Waals surface area contributed by atoms with Gasteiger partial charge in [0.05, 0.1) is 17.1 Å². The highest BCUT2D eigenvalue weighted by Gasteiger charge is 2.22. The lowest BCUT2D eigenvalue weighted by Crippen LogP contribution is -2.25. The zero-order valence-electron chi connectivity index (χ0n) is 14.7. The predicted octanol–water partition coefficient (Wildman–Crippen LogP) is 5.85. The topological polar surface area (TPSA) is 47.2 Å². The van der Waals surface area contributed by atoms with Crippen LogP contribution in [0.5, 0.6) is 0 Å². The van der Waals surface area contributed by atoms with Gasteiger partial charge < -0.3 is 0 Å². The Labute approximate surface area is 174 Å².